The molecule has 4 nitrogen and oxygen atoms in total. The minimum absolute atomic E-state index is 0.109. The van der Waals surface area contributed by atoms with E-state index in [1.54, 1.807) is 11.3 Å². The third-order valence-corrected chi connectivity index (χ3v) is 6.83. The number of nitrogens with one attached hydrogen (secondary N) is 1. The Labute approximate surface area is 134 Å². The minimum atomic E-state index is -0.317. The van der Waals surface area contributed by atoms with Crippen LogP contribution in [0.4, 0.5) is 5.00 Å². The van der Waals surface area contributed by atoms with Gasteiger partial charge in [-0.15, -0.1) is 11.3 Å². The SMILES string of the molecule is COC(=O)c1c(NC(=O)[C@@H]2C[C@H]3CC[C@@H]2C3)sc2c1CCC2. The number of amides is 1. The van der Waals surface area contributed by atoms with Crippen molar-refractivity contribution >= 4 is 28.2 Å². The number of rotatable bonds is 3. The van der Waals surface area contributed by atoms with Gasteiger partial charge in [0, 0.05) is 10.8 Å². The lowest BCUT2D eigenvalue weighted by Crippen LogP contribution is -2.27. The number of hydrogen-bond acceptors (Lipinski definition) is 4. The summed E-state index contributed by atoms with van der Waals surface area (Å²) < 4.78 is 4.93. The molecule has 0 unspecified atom stereocenters. The molecule has 0 saturated heterocycles. The first-order valence-corrected chi connectivity index (χ1v) is 9.02. The van der Waals surface area contributed by atoms with E-state index in [4.69, 9.17) is 4.74 Å². The van der Waals surface area contributed by atoms with E-state index in [2.05, 4.69) is 5.32 Å². The van der Waals surface area contributed by atoms with E-state index in [0.29, 0.717) is 16.5 Å². The van der Waals surface area contributed by atoms with E-state index < -0.39 is 0 Å². The van der Waals surface area contributed by atoms with Gasteiger partial charge in [0.1, 0.15) is 5.00 Å². The van der Waals surface area contributed by atoms with Gasteiger partial charge in [-0.05, 0) is 55.9 Å². The maximum absolute atomic E-state index is 12.6. The van der Waals surface area contributed by atoms with Gasteiger partial charge in [0.15, 0.2) is 0 Å². The molecular formula is C17H21NO3S. The van der Waals surface area contributed by atoms with Gasteiger partial charge in [-0.1, -0.05) is 6.42 Å². The second-order valence-corrected chi connectivity index (χ2v) is 7.93. The summed E-state index contributed by atoms with van der Waals surface area (Å²) in [6.07, 6.45) is 7.72. The number of ether oxygens (including phenoxy) is 1. The molecular weight excluding hydrogens is 298 g/mol. The van der Waals surface area contributed by atoms with Crippen molar-refractivity contribution in [1.82, 2.24) is 0 Å². The lowest BCUT2D eigenvalue weighted by molar-refractivity contribution is -0.121. The number of esters is 1. The van der Waals surface area contributed by atoms with Crippen LogP contribution in [-0.2, 0) is 22.4 Å². The van der Waals surface area contributed by atoms with Gasteiger partial charge in [-0.3, -0.25) is 4.79 Å². The van der Waals surface area contributed by atoms with Crippen LogP contribution in [-0.4, -0.2) is 19.0 Å². The zero-order valence-corrected chi connectivity index (χ0v) is 13.6. The highest BCUT2D eigenvalue weighted by molar-refractivity contribution is 7.17. The molecule has 2 bridgehead atoms. The number of carbonyl (C=O) groups excluding carboxylic acids is 2. The summed E-state index contributed by atoms with van der Waals surface area (Å²) in [6, 6.07) is 0. The van der Waals surface area contributed by atoms with E-state index >= 15 is 0 Å². The van der Waals surface area contributed by atoms with Gasteiger partial charge in [0.05, 0.1) is 12.7 Å². The molecule has 0 spiro atoms. The standard InChI is InChI=1S/C17H21NO3S/c1-21-17(20)14-11-3-2-4-13(11)22-16(14)18-15(19)12-8-9-5-6-10(12)7-9/h9-10,12H,2-8H2,1H3,(H,18,19)/t9-,10+,12+/m0/s1. The number of aryl methyl sites for hydroxylation is 1. The molecule has 1 heterocycles. The smallest absolute Gasteiger partial charge is 0.341 e. The van der Waals surface area contributed by atoms with Crippen molar-refractivity contribution in [2.75, 3.05) is 12.4 Å². The molecule has 3 aliphatic carbocycles. The minimum Gasteiger partial charge on any atom is -0.465 e. The van der Waals surface area contributed by atoms with E-state index in [9.17, 15) is 9.59 Å². The molecule has 0 aliphatic heterocycles. The van der Waals surface area contributed by atoms with Crippen LogP contribution in [0.2, 0.25) is 0 Å². The van der Waals surface area contributed by atoms with Crippen LogP contribution in [0.25, 0.3) is 0 Å². The Kier molecular flexibility index (Phi) is 3.48. The summed E-state index contributed by atoms with van der Waals surface area (Å²) in [6.45, 7) is 0. The van der Waals surface area contributed by atoms with E-state index in [1.807, 2.05) is 0 Å². The third kappa shape index (κ3) is 2.18. The highest BCUT2D eigenvalue weighted by atomic mass is 32.1. The zero-order chi connectivity index (χ0) is 15.3. The molecule has 1 aromatic heterocycles. The fourth-order valence-electron chi connectivity index (χ4n) is 4.58. The molecule has 22 heavy (non-hydrogen) atoms. The maximum Gasteiger partial charge on any atom is 0.341 e. The highest BCUT2D eigenvalue weighted by Gasteiger charge is 2.43. The van der Waals surface area contributed by atoms with Crippen LogP contribution in [0.5, 0.6) is 0 Å². The normalized spacial score (nSPS) is 28.7. The van der Waals surface area contributed by atoms with Crippen LogP contribution in [0.15, 0.2) is 0 Å². The summed E-state index contributed by atoms with van der Waals surface area (Å²) in [5.74, 6) is 1.23. The molecule has 0 radical (unpaired) electrons. The molecule has 1 aromatic rings. The average molecular weight is 319 g/mol. The number of methoxy groups -OCH3 is 1. The second-order valence-electron chi connectivity index (χ2n) is 6.82. The lowest BCUT2D eigenvalue weighted by atomic mass is 9.88. The van der Waals surface area contributed by atoms with Crippen molar-refractivity contribution in [3.8, 4) is 0 Å². The lowest BCUT2D eigenvalue weighted by Gasteiger charge is -2.20. The third-order valence-electron chi connectivity index (χ3n) is 5.62. The fourth-order valence-corrected chi connectivity index (χ4v) is 5.86. The Bertz CT molecular complexity index is 636. The summed E-state index contributed by atoms with van der Waals surface area (Å²) in [5, 5.41) is 3.77. The van der Waals surface area contributed by atoms with Crippen LogP contribution < -0.4 is 5.32 Å². The fraction of sp³-hybridized carbons (Fsp3) is 0.647. The highest BCUT2D eigenvalue weighted by Crippen LogP contribution is 2.49. The number of fused-ring (bicyclic) bond motifs is 3. The number of hydrogen-bond donors (Lipinski definition) is 1. The van der Waals surface area contributed by atoms with Crippen molar-refractivity contribution < 1.29 is 14.3 Å². The Balaban J connectivity index is 1.58. The Morgan fingerprint density at radius 2 is 2.09 bits per heavy atom. The summed E-state index contributed by atoms with van der Waals surface area (Å²) in [5.41, 5.74) is 1.71. The molecule has 2 fully saturated rings. The quantitative estimate of drug-likeness (QED) is 0.869. The molecule has 3 aliphatic rings. The van der Waals surface area contributed by atoms with Gasteiger partial charge in [-0.2, -0.15) is 0 Å². The van der Waals surface area contributed by atoms with Crippen molar-refractivity contribution in [1.29, 1.82) is 0 Å². The monoisotopic (exact) mass is 319 g/mol. The van der Waals surface area contributed by atoms with E-state index in [-0.39, 0.29) is 17.8 Å². The first-order chi connectivity index (χ1) is 10.7. The first-order valence-electron chi connectivity index (χ1n) is 8.21. The van der Waals surface area contributed by atoms with Crippen molar-refractivity contribution in [2.45, 2.75) is 44.9 Å². The van der Waals surface area contributed by atoms with Crippen LogP contribution in [0.3, 0.4) is 0 Å². The predicted octanol–water partition coefficient (Wildman–Crippen LogP) is 3.40. The summed E-state index contributed by atoms with van der Waals surface area (Å²) in [4.78, 5) is 26.0. The van der Waals surface area contributed by atoms with Crippen molar-refractivity contribution in [3.63, 3.8) is 0 Å². The Hall–Kier alpha value is -1.36. The summed E-state index contributed by atoms with van der Waals surface area (Å²) in [7, 11) is 1.41. The zero-order valence-electron chi connectivity index (χ0n) is 12.8. The Morgan fingerprint density at radius 3 is 2.77 bits per heavy atom. The average Bonchev–Trinajstić information content (AvgIpc) is 3.26. The molecule has 0 aromatic carbocycles. The molecule has 5 heteroatoms. The molecule has 2 saturated carbocycles. The predicted molar refractivity (Wildman–Crippen MR) is 85.3 cm³/mol. The Morgan fingerprint density at radius 1 is 1.23 bits per heavy atom. The van der Waals surface area contributed by atoms with E-state index in [1.165, 1.54) is 31.2 Å². The van der Waals surface area contributed by atoms with E-state index in [0.717, 1.165) is 37.2 Å². The molecule has 4 rings (SSSR count). The maximum atomic E-state index is 12.6. The van der Waals surface area contributed by atoms with Gasteiger partial charge in [0.25, 0.3) is 0 Å². The topological polar surface area (TPSA) is 55.4 Å². The molecule has 1 amide bonds. The van der Waals surface area contributed by atoms with Gasteiger partial charge >= 0.3 is 5.97 Å². The van der Waals surface area contributed by atoms with Crippen molar-refractivity contribution in [2.24, 2.45) is 17.8 Å². The van der Waals surface area contributed by atoms with Crippen LogP contribution in [0, 0.1) is 17.8 Å². The van der Waals surface area contributed by atoms with Crippen molar-refractivity contribution in [3.05, 3.63) is 16.0 Å². The largest absolute Gasteiger partial charge is 0.465 e. The molecule has 1 N–H and O–H groups in total. The second kappa shape index (κ2) is 5.37. The van der Waals surface area contributed by atoms with Crippen LogP contribution >= 0.6 is 11.3 Å². The van der Waals surface area contributed by atoms with Gasteiger partial charge in [-0.25, -0.2) is 4.79 Å². The molecule has 3 atom stereocenters. The van der Waals surface area contributed by atoms with Gasteiger partial charge in [0.2, 0.25) is 5.91 Å². The summed E-state index contributed by atoms with van der Waals surface area (Å²) >= 11 is 1.57. The first kappa shape index (κ1) is 14.2. The van der Waals surface area contributed by atoms with Crippen LogP contribution in [0.1, 0.15) is 52.9 Å². The molecule has 118 valence electrons. The number of anilines is 1. The van der Waals surface area contributed by atoms with Gasteiger partial charge < -0.3 is 10.1 Å². The number of thiophene rings is 1. The number of carbonyl (C=O) groups is 2.